The number of quaternary nitrogens is 1. The molecule has 0 bridgehead atoms. The van der Waals surface area contributed by atoms with Gasteiger partial charge in [-0.05, 0) is 44.9 Å². The Kier molecular flexibility index (Phi) is 18.3. The average molecular weight is 353 g/mol. The number of allylic oxidation sites excluding steroid dienone is 2. The van der Waals surface area contributed by atoms with Gasteiger partial charge in [-0.1, -0.05) is 83.8 Å². The van der Waals surface area contributed by atoms with Crippen LogP contribution >= 0.6 is 0 Å². The molecule has 0 rings (SSSR count). The summed E-state index contributed by atoms with van der Waals surface area (Å²) in [6, 6.07) is 0. The summed E-state index contributed by atoms with van der Waals surface area (Å²) in [6.45, 7) is 7.30. The fourth-order valence-corrected chi connectivity index (χ4v) is 3.49. The topological polar surface area (TPSA) is 0 Å². The maximum absolute atomic E-state index is 2.43. The van der Waals surface area contributed by atoms with Gasteiger partial charge in [0.05, 0.1) is 27.2 Å². The molecule has 0 radical (unpaired) electrons. The molecule has 0 aromatic carbocycles. The van der Waals surface area contributed by atoms with E-state index >= 15 is 0 Å². The van der Waals surface area contributed by atoms with E-state index < -0.39 is 0 Å². The third-order valence-electron chi connectivity index (χ3n) is 5.39. The number of hydrogen-bond donors (Lipinski definition) is 0. The minimum Gasteiger partial charge on any atom is -0.328 e. The second-order valence-corrected chi connectivity index (χ2v) is 8.67. The van der Waals surface area contributed by atoms with Crippen LogP contribution in [-0.4, -0.2) is 31.7 Å². The first-order valence-electron chi connectivity index (χ1n) is 11.6. The zero-order chi connectivity index (χ0) is 18.6. The molecule has 0 aliphatic rings. The fraction of sp³-hybridized carbons (Fsp3) is 0.917. The van der Waals surface area contributed by atoms with Crippen LogP contribution in [0.1, 0.15) is 117 Å². The number of hydrogen-bond acceptors (Lipinski definition) is 0. The van der Waals surface area contributed by atoms with Gasteiger partial charge in [-0.2, -0.15) is 0 Å². The Bertz CT molecular complexity index is 280. The standard InChI is InChI=1S/C24H50N/c1-5-7-9-10-11-12-13-14-15-16-17-18-19-20-21-22-24-25(3,4)23-8-6-2/h14-15H,5-13,16-24H2,1-4H3/q+1/b15-14-. The normalized spacial score (nSPS) is 12.3. The zero-order valence-electron chi connectivity index (χ0n) is 18.3. The Morgan fingerprint density at radius 3 is 1.40 bits per heavy atom. The monoisotopic (exact) mass is 352 g/mol. The Labute approximate surface area is 160 Å². The summed E-state index contributed by atoms with van der Waals surface area (Å²) in [4.78, 5) is 0. The van der Waals surface area contributed by atoms with Crippen molar-refractivity contribution < 1.29 is 4.48 Å². The van der Waals surface area contributed by atoms with Crippen molar-refractivity contribution in [2.75, 3.05) is 27.2 Å². The van der Waals surface area contributed by atoms with Crippen LogP contribution in [0.5, 0.6) is 0 Å². The molecule has 150 valence electrons. The van der Waals surface area contributed by atoms with Gasteiger partial charge in [0.2, 0.25) is 0 Å². The molecule has 0 unspecified atom stereocenters. The lowest BCUT2D eigenvalue weighted by molar-refractivity contribution is -0.890. The molecule has 0 saturated carbocycles. The smallest absolute Gasteiger partial charge is 0.0782 e. The highest BCUT2D eigenvalue weighted by Crippen LogP contribution is 2.11. The van der Waals surface area contributed by atoms with Gasteiger partial charge in [-0.25, -0.2) is 0 Å². The van der Waals surface area contributed by atoms with Gasteiger partial charge < -0.3 is 4.48 Å². The highest BCUT2D eigenvalue weighted by molar-refractivity contribution is 4.81. The molecule has 0 heterocycles. The van der Waals surface area contributed by atoms with Crippen LogP contribution in [0.2, 0.25) is 0 Å². The summed E-state index contributed by atoms with van der Waals surface area (Å²) < 4.78 is 1.22. The molecule has 1 nitrogen and oxygen atoms in total. The number of nitrogens with zero attached hydrogens (tertiary/aromatic N) is 1. The van der Waals surface area contributed by atoms with Crippen molar-refractivity contribution in [1.82, 2.24) is 0 Å². The van der Waals surface area contributed by atoms with Crippen LogP contribution in [0.15, 0.2) is 12.2 Å². The molecule has 0 spiro atoms. The quantitative estimate of drug-likeness (QED) is 0.126. The average Bonchev–Trinajstić information content (AvgIpc) is 2.59. The Morgan fingerprint density at radius 1 is 0.480 bits per heavy atom. The summed E-state index contributed by atoms with van der Waals surface area (Å²) >= 11 is 0. The highest BCUT2D eigenvalue weighted by Gasteiger charge is 2.12. The molecule has 0 fully saturated rings. The molecule has 25 heavy (non-hydrogen) atoms. The van der Waals surface area contributed by atoms with Crippen LogP contribution in [-0.2, 0) is 0 Å². The van der Waals surface area contributed by atoms with Gasteiger partial charge in [0.1, 0.15) is 0 Å². The van der Waals surface area contributed by atoms with Crippen molar-refractivity contribution in [2.45, 2.75) is 117 Å². The van der Waals surface area contributed by atoms with E-state index in [1.54, 1.807) is 0 Å². The first-order chi connectivity index (χ1) is 12.1. The summed E-state index contributed by atoms with van der Waals surface area (Å²) in [5, 5.41) is 0. The van der Waals surface area contributed by atoms with Gasteiger partial charge in [-0.15, -0.1) is 0 Å². The Hall–Kier alpha value is -0.300. The van der Waals surface area contributed by atoms with Crippen molar-refractivity contribution in [2.24, 2.45) is 0 Å². The van der Waals surface area contributed by atoms with E-state index in [0.717, 1.165) is 0 Å². The van der Waals surface area contributed by atoms with E-state index in [9.17, 15) is 0 Å². The minimum atomic E-state index is 1.22. The third kappa shape index (κ3) is 19.9. The van der Waals surface area contributed by atoms with Crippen LogP contribution in [0, 0.1) is 0 Å². The summed E-state index contributed by atoms with van der Waals surface area (Å²) in [6.07, 6.45) is 27.2. The maximum atomic E-state index is 2.43. The Balaban J connectivity index is 3.24. The van der Waals surface area contributed by atoms with E-state index in [4.69, 9.17) is 0 Å². The second kappa shape index (κ2) is 18.5. The molecule has 0 aliphatic carbocycles. The first kappa shape index (κ1) is 24.7. The van der Waals surface area contributed by atoms with E-state index in [0.29, 0.717) is 0 Å². The molecule has 0 aliphatic heterocycles. The van der Waals surface area contributed by atoms with Crippen LogP contribution in [0.25, 0.3) is 0 Å². The van der Waals surface area contributed by atoms with Gasteiger partial charge in [0.15, 0.2) is 0 Å². The molecule has 0 aromatic rings. The predicted molar refractivity (Wildman–Crippen MR) is 116 cm³/mol. The summed E-state index contributed by atoms with van der Waals surface area (Å²) in [5.74, 6) is 0. The van der Waals surface area contributed by atoms with Gasteiger partial charge in [0.25, 0.3) is 0 Å². The number of rotatable bonds is 19. The van der Waals surface area contributed by atoms with Crippen LogP contribution in [0.4, 0.5) is 0 Å². The van der Waals surface area contributed by atoms with Crippen molar-refractivity contribution in [1.29, 1.82) is 0 Å². The van der Waals surface area contributed by atoms with Gasteiger partial charge in [0, 0.05) is 0 Å². The highest BCUT2D eigenvalue weighted by atomic mass is 15.3. The van der Waals surface area contributed by atoms with E-state index in [1.807, 2.05) is 0 Å². The van der Waals surface area contributed by atoms with Crippen LogP contribution < -0.4 is 0 Å². The summed E-state index contributed by atoms with van der Waals surface area (Å²) in [7, 11) is 4.79. The lowest BCUT2D eigenvalue weighted by Gasteiger charge is -2.29. The first-order valence-corrected chi connectivity index (χ1v) is 11.6. The molecule has 0 atom stereocenters. The largest absolute Gasteiger partial charge is 0.328 e. The molecule has 1 heteroatoms. The third-order valence-corrected chi connectivity index (χ3v) is 5.39. The van der Waals surface area contributed by atoms with E-state index in [-0.39, 0.29) is 0 Å². The summed E-state index contributed by atoms with van der Waals surface area (Å²) in [5.41, 5.74) is 0. The molecule has 0 saturated heterocycles. The minimum absolute atomic E-state index is 1.22. The van der Waals surface area contributed by atoms with E-state index in [2.05, 4.69) is 40.1 Å². The van der Waals surface area contributed by atoms with Crippen molar-refractivity contribution in [3.05, 3.63) is 12.2 Å². The second-order valence-electron chi connectivity index (χ2n) is 8.67. The Morgan fingerprint density at radius 2 is 0.880 bits per heavy atom. The molecular formula is C24H50N+. The predicted octanol–water partition coefficient (Wildman–Crippen LogP) is 7.90. The zero-order valence-corrected chi connectivity index (χ0v) is 18.3. The molecule has 0 amide bonds. The SMILES string of the molecule is CCCCCCCC/C=C\CCCCCCCC[N+](C)(C)CCCC. The van der Waals surface area contributed by atoms with Crippen molar-refractivity contribution in [3.63, 3.8) is 0 Å². The van der Waals surface area contributed by atoms with Crippen molar-refractivity contribution >= 4 is 0 Å². The maximum Gasteiger partial charge on any atom is 0.0782 e. The lowest BCUT2D eigenvalue weighted by Crippen LogP contribution is -2.41. The van der Waals surface area contributed by atoms with E-state index in [1.165, 1.54) is 120 Å². The molecular weight excluding hydrogens is 302 g/mol. The van der Waals surface area contributed by atoms with Gasteiger partial charge in [-0.3, -0.25) is 0 Å². The van der Waals surface area contributed by atoms with Gasteiger partial charge >= 0.3 is 0 Å². The molecule has 0 aromatic heterocycles. The van der Waals surface area contributed by atoms with Crippen LogP contribution in [0.3, 0.4) is 0 Å². The lowest BCUT2D eigenvalue weighted by atomic mass is 10.1. The van der Waals surface area contributed by atoms with Crippen molar-refractivity contribution in [3.8, 4) is 0 Å². The number of unbranched alkanes of at least 4 members (excludes halogenated alkanes) is 13. The fourth-order valence-electron chi connectivity index (χ4n) is 3.49. The molecule has 0 N–H and O–H groups in total.